The Kier molecular flexibility index (Phi) is 4.85. The summed E-state index contributed by atoms with van der Waals surface area (Å²) in [7, 11) is 0. The Morgan fingerprint density at radius 1 is 1.25 bits per heavy atom. The molecule has 1 aliphatic rings. The molecule has 0 aromatic carbocycles. The molecule has 0 bridgehead atoms. The molecule has 1 aliphatic heterocycles. The van der Waals surface area contributed by atoms with E-state index < -0.39 is 24.3 Å². The van der Waals surface area contributed by atoms with Gasteiger partial charge in [0.05, 0.1) is 5.54 Å². The van der Waals surface area contributed by atoms with Crippen molar-refractivity contribution in [3.8, 4) is 0 Å². The monoisotopic (exact) mass is 295 g/mol. The lowest BCUT2D eigenvalue weighted by Crippen LogP contribution is -2.61. The van der Waals surface area contributed by atoms with Crippen LogP contribution in [0, 0.1) is 5.41 Å². The van der Waals surface area contributed by atoms with Crippen molar-refractivity contribution < 1.29 is 18.0 Å². The SMILES string of the molecule is CC(C)(C(=N)N)N1CCN(C(=O)NCC(F)(F)F)CC1. The first kappa shape index (κ1) is 16.5. The molecule has 116 valence electrons. The minimum absolute atomic E-state index is 0.0208. The van der Waals surface area contributed by atoms with Gasteiger partial charge >= 0.3 is 12.2 Å². The van der Waals surface area contributed by atoms with Gasteiger partial charge in [-0.3, -0.25) is 10.3 Å². The number of carbonyl (C=O) groups excluding carboxylic acids is 1. The molecule has 0 saturated carbocycles. The highest BCUT2D eigenvalue weighted by molar-refractivity contribution is 5.86. The molecule has 1 saturated heterocycles. The van der Waals surface area contributed by atoms with Crippen molar-refractivity contribution >= 4 is 11.9 Å². The lowest BCUT2D eigenvalue weighted by atomic mass is 10.0. The number of halogens is 3. The van der Waals surface area contributed by atoms with Crippen LogP contribution in [0.15, 0.2) is 0 Å². The quantitative estimate of drug-likeness (QED) is 0.526. The maximum Gasteiger partial charge on any atom is 0.405 e. The van der Waals surface area contributed by atoms with Crippen LogP contribution in [0.4, 0.5) is 18.0 Å². The van der Waals surface area contributed by atoms with Gasteiger partial charge in [-0.2, -0.15) is 13.2 Å². The third kappa shape index (κ3) is 4.26. The molecule has 0 spiro atoms. The number of nitrogens with zero attached hydrogens (tertiary/aromatic N) is 2. The van der Waals surface area contributed by atoms with E-state index in [1.807, 2.05) is 10.2 Å². The summed E-state index contributed by atoms with van der Waals surface area (Å²) in [4.78, 5) is 14.8. The van der Waals surface area contributed by atoms with Crippen LogP contribution in [-0.2, 0) is 0 Å². The average Bonchev–Trinajstić information content (AvgIpc) is 2.35. The standard InChI is InChI=1S/C11H20F3N5O/c1-10(2,8(15)16)19-5-3-18(4-6-19)9(20)17-7-11(12,13)14/h3-7H2,1-2H3,(H3,15,16)(H,17,20). The summed E-state index contributed by atoms with van der Waals surface area (Å²) in [5, 5.41) is 9.37. The van der Waals surface area contributed by atoms with Gasteiger partial charge in [-0.05, 0) is 13.8 Å². The molecule has 0 atom stereocenters. The van der Waals surface area contributed by atoms with Crippen LogP contribution < -0.4 is 11.1 Å². The largest absolute Gasteiger partial charge is 0.405 e. The number of piperazine rings is 1. The molecular weight excluding hydrogens is 275 g/mol. The molecule has 20 heavy (non-hydrogen) atoms. The number of hydrogen-bond acceptors (Lipinski definition) is 3. The van der Waals surface area contributed by atoms with Crippen molar-refractivity contribution in [3.05, 3.63) is 0 Å². The van der Waals surface area contributed by atoms with Crippen molar-refractivity contribution in [1.29, 1.82) is 5.41 Å². The molecule has 1 heterocycles. The highest BCUT2D eigenvalue weighted by Gasteiger charge is 2.34. The molecule has 9 heteroatoms. The van der Waals surface area contributed by atoms with Crippen LogP contribution >= 0.6 is 0 Å². The lowest BCUT2D eigenvalue weighted by molar-refractivity contribution is -0.123. The Morgan fingerprint density at radius 3 is 2.15 bits per heavy atom. The molecule has 0 aromatic heterocycles. The molecule has 0 radical (unpaired) electrons. The summed E-state index contributed by atoms with van der Waals surface area (Å²) in [6.07, 6.45) is -4.41. The molecule has 0 aromatic rings. The van der Waals surface area contributed by atoms with Crippen molar-refractivity contribution in [3.63, 3.8) is 0 Å². The highest BCUT2D eigenvalue weighted by Crippen LogP contribution is 2.17. The smallest absolute Gasteiger partial charge is 0.386 e. The molecule has 4 N–H and O–H groups in total. The fraction of sp³-hybridized carbons (Fsp3) is 0.818. The second kappa shape index (κ2) is 5.86. The molecule has 1 rings (SSSR count). The lowest BCUT2D eigenvalue weighted by Gasteiger charge is -2.43. The van der Waals surface area contributed by atoms with E-state index in [1.165, 1.54) is 4.90 Å². The fourth-order valence-electron chi connectivity index (χ4n) is 1.93. The minimum Gasteiger partial charge on any atom is -0.386 e. The first-order chi connectivity index (χ1) is 9.04. The second-order valence-corrected chi connectivity index (χ2v) is 5.22. The summed E-state index contributed by atoms with van der Waals surface area (Å²) in [6.45, 7) is 3.81. The first-order valence-electron chi connectivity index (χ1n) is 6.23. The van der Waals surface area contributed by atoms with E-state index in [9.17, 15) is 18.0 Å². The van der Waals surface area contributed by atoms with Crippen molar-refractivity contribution in [2.24, 2.45) is 5.73 Å². The van der Waals surface area contributed by atoms with E-state index in [2.05, 4.69) is 0 Å². The normalized spacial score (nSPS) is 17.9. The van der Waals surface area contributed by atoms with Crippen LogP contribution in [-0.4, -0.2) is 66.1 Å². The predicted molar refractivity (Wildman–Crippen MR) is 68.6 cm³/mol. The first-order valence-corrected chi connectivity index (χ1v) is 6.23. The number of rotatable bonds is 3. The van der Waals surface area contributed by atoms with Gasteiger partial charge in [0.1, 0.15) is 12.4 Å². The van der Waals surface area contributed by atoms with Crippen LogP contribution in [0.5, 0.6) is 0 Å². The van der Waals surface area contributed by atoms with Gasteiger partial charge in [-0.25, -0.2) is 4.79 Å². The van der Waals surface area contributed by atoms with Crippen molar-refractivity contribution in [2.45, 2.75) is 25.6 Å². The topological polar surface area (TPSA) is 85.5 Å². The summed E-state index contributed by atoms with van der Waals surface area (Å²) < 4.78 is 36.0. The van der Waals surface area contributed by atoms with Crippen molar-refractivity contribution in [1.82, 2.24) is 15.1 Å². The van der Waals surface area contributed by atoms with Gasteiger partial charge in [0.25, 0.3) is 0 Å². The van der Waals surface area contributed by atoms with Gasteiger partial charge in [-0.1, -0.05) is 0 Å². The maximum absolute atomic E-state index is 12.0. The van der Waals surface area contributed by atoms with E-state index in [1.54, 1.807) is 13.8 Å². The number of carbonyl (C=O) groups is 1. The molecule has 2 amide bonds. The summed E-state index contributed by atoms with van der Waals surface area (Å²) in [6, 6.07) is -0.720. The number of urea groups is 1. The molecular formula is C11H20F3N5O. The number of hydrogen-bond donors (Lipinski definition) is 3. The van der Waals surface area contributed by atoms with Gasteiger partial charge in [-0.15, -0.1) is 0 Å². The van der Waals surface area contributed by atoms with Crippen LogP contribution in [0.25, 0.3) is 0 Å². The second-order valence-electron chi connectivity index (χ2n) is 5.22. The summed E-state index contributed by atoms with van der Waals surface area (Å²) in [5.74, 6) is 0.0208. The number of alkyl halides is 3. The minimum atomic E-state index is -4.41. The highest BCUT2D eigenvalue weighted by atomic mass is 19.4. The molecule has 0 unspecified atom stereocenters. The van der Waals surface area contributed by atoms with E-state index in [0.717, 1.165) is 0 Å². The Bertz CT molecular complexity index is 375. The number of amides is 2. The number of nitrogens with one attached hydrogen (secondary N) is 2. The van der Waals surface area contributed by atoms with Gasteiger partial charge in [0.15, 0.2) is 0 Å². The predicted octanol–water partition coefficient (Wildman–Crippen LogP) is 0.590. The van der Waals surface area contributed by atoms with E-state index in [4.69, 9.17) is 11.1 Å². The van der Waals surface area contributed by atoms with Gasteiger partial charge < -0.3 is 16.0 Å². The zero-order chi connectivity index (χ0) is 15.6. The number of amidine groups is 1. The molecule has 0 aliphatic carbocycles. The fourth-order valence-corrected chi connectivity index (χ4v) is 1.93. The van der Waals surface area contributed by atoms with E-state index in [-0.39, 0.29) is 5.84 Å². The van der Waals surface area contributed by atoms with E-state index >= 15 is 0 Å². The average molecular weight is 295 g/mol. The van der Waals surface area contributed by atoms with Crippen LogP contribution in [0.2, 0.25) is 0 Å². The Hall–Kier alpha value is -1.51. The summed E-state index contributed by atoms with van der Waals surface area (Å²) in [5.41, 5.74) is 4.90. The van der Waals surface area contributed by atoms with Gasteiger partial charge in [0.2, 0.25) is 0 Å². The zero-order valence-corrected chi connectivity index (χ0v) is 11.5. The van der Waals surface area contributed by atoms with Crippen LogP contribution in [0.3, 0.4) is 0 Å². The number of nitrogens with two attached hydrogens (primary N) is 1. The summed E-state index contributed by atoms with van der Waals surface area (Å²) >= 11 is 0. The Morgan fingerprint density at radius 2 is 1.75 bits per heavy atom. The van der Waals surface area contributed by atoms with Crippen LogP contribution in [0.1, 0.15) is 13.8 Å². The Labute approximate surface area is 115 Å². The Balaban J connectivity index is 2.46. The molecule has 1 fully saturated rings. The van der Waals surface area contributed by atoms with E-state index in [0.29, 0.717) is 26.2 Å². The third-order valence-corrected chi connectivity index (χ3v) is 3.46. The maximum atomic E-state index is 12.0. The zero-order valence-electron chi connectivity index (χ0n) is 11.5. The van der Waals surface area contributed by atoms with Crippen molar-refractivity contribution in [2.75, 3.05) is 32.7 Å². The van der Waals surface area contributed by atoms with Gasteiger partial charge in [0, 0.05) is 26.2 Å². The third-order valence-electron chi connectivity index (χ3n) is 3.46. The molecule has 6 nitrogen and oxygen atoms in total.